The van der Waals surface area contributed by atoms with Crippen LogP contribution in [0.2, 0.25) is 0 Å². The molecular weight excluding hydrogens is 294 g/mol. The van der Waals surface area contributed by atoms with E-state index in [1.54, 1.807) is 6.07 Å². The van der Waals surface area contributed by atoms with E-state index in [9.17, 15) is 4.79 Å². The fourth-order valence-electron chi connectivity index (χ4n) is 2.36. The molecule has 0 bridgehead atoms. The number of benzene rings is 1. The molecule has 1 aliphatic rings. The van der Waals surface area contributed by atoms with Crippen LogP contribution in [0.25, 0.3) is 0 Å². The number of halogens is 1. The van der Waals surface area contributed by atoms with Crippen molar-refractivity contribution in [2.24, 2.45) is 0 Å². The number of Topliss-reactive ketones (excluding diaryl/α,β-unsaturated/α-hetero) is 1. The van der Waals surface area contributed by atoms with E-state index in [0.29, 0.717) is 12.3 Å². The van der Waals surface area contributed by atoms with Crippen molar-refractivity contribution in [3.63, 3.8) is 0 Å². The molecule has 0 fully saturated rings. The first kappa shape index (κ1) is 11.7. The quantitative estimate of drug-likeness (QED) is 0.867. The molecule has 1 atom stereocenters. The number of fused-ring (bicyclic) bond motifs is 1. The molecule has 1 aliphatic heterocycles. The van der Waals surface area contributed by atoms with Gasteiger partial charge in [0, 0.05) is 13.1 Å². The maximum absolute atomic E-state index is 12.5. The molecule has 1 aromatic heterocycles. The number of rotatable bonds is 2. The zero-order valence-corrected chi connectivity index (χ0v) is 11.2. The summed E-state index contributed by atoms with van der Waals surface area (Å²) in [6.45, 7) is 1.47. The molecule has 0 saturated heterocycles. The average Bonchev–Trinajstić information content (AvgIpc) is 2.83. The predicted molar refractivity (Wildman–Crippen MR) is 71.6 cm³/mol. The minimum absolute atomic E-state index is 0.0199. The van der Waals surface area contributed by atoms with Crippen molar-refractivity contribution in [2.75, 3.05) is 6.54 Å². The maximum atomic E-state index is 12.5. The van der Waals surface area contributed by atoms with Gasteiger partial charge in [-0.2, -0.15) is 0 Å². The first-order valence-electron chi connectivity index (χ1n) is 5.83. The Hall–Kier alpha value is -1.39. The van der Waals surface area contributed by atoms with Crippen LogP contribution in [0.5, 0.6) is 0 Å². The third-order valence-corrected chi connectivity index (χ3v) is 3.88. The first-order valence-corrected chi connectivity index (χ1v) is 6.62. The summed E-state index contributed by atoms with van der Waals surface area (Å²) in [5.74, 6) is 0.252. The minimum atomic E-state index is -0.169. The van der Waals surface area contributed by atoms with E-state index >= 15 is 0 Å². The lowest BCUT2D eigenvalue weighted by molar-refractivity contribution is 0.0926. The highest BCUT2D eigenvalue weighted by Crippen LogP contribution is 2.30. The van der Waals surface area contributed by atoms with Gasteiger partial charge in [0.05, 0.1) is 16.7 Å². The zero-order valence-electron chi connectivity index (χ0n) is 9.65. The molecule has 18 heavy (non-hydrogen) atoms. The van der Waals surface area contributed by atoms with Gasteiger partial charge in [0.1, 0.15) is 0 Å². The molecule has 4 heteroatoms. The molecule has 92 valence electrons. The summed E-state index contributed by atoms with van der Waals surface area (Å²) in [6.07, 6.45) is 1.53. The molecule has 0 radical (unpaired) electrons. The maximum Gasteiger partial charge on any atom is 0.207 e. The fourth-order valence-corrected chi connectivity index (χ4v) is 2.75. The van der Waals surface area contributed by atoms with E-state index in [1.807, 2.05) is 18.2 Å². The Kier molecular flexibility index (Phi) is 3.06. The van der Waals surface area contributed by atoms with E-state index in [2.05, 4.69) is 27.3 Å². The lowest BCUT2D eigenvalue weighted by atomic mass is 9.87. The Balaban J connectivity index is 2.00. The molecule has 0 amide bonds. The number of nitrogens with one attached hydrogen (secondary N) is 1. The fraction of sp³-hybridized carbons (Fsp3) is 0.214. The predicted octanol–water partition coefficient (Wildman–Crippen LogP) is 3.11. The Labute approximate surface area is 113 Å². The van der Waals surface area contributed by atoms with Gasteiger partial charge in [-0.05, 0) is 33.1 Å². The zero-order chi connectivity index (χ0) is 12.5. The smallest absolute Gasteiger partial charge is 0.207 e. The summed E-state index contributed by atoms with van der Waals surface area (Å²) < 4.78 is 5.99. The van der Waals surface area contributed by atoms with Crippen LogP contribution in [0.4, 0.5) is 0 Å². The number of hydrogen-bond donors (Lipinski definition) is 1. The summed E-state index contributed by atoms with van der Waals surface area (Å²) in [4.78, 5) is 12.5. The van der Waals surface area contributed by atoms with Crippen LogP contribution in [0.15, 0.2) is 45.5 Å². The van der Waals surface area contributed by atoms with Crippen LogP contribution < -0.4 is 5.32 Å². The molecule has 1 N–H and O–H groups in total. The summed E-state index contributed by atoms with van der Waals surface area (Å²) in [6, 6.07) is 9.79. The SMILES string of the molecule is O=C(c1occc1Br)C1CNCc2ccccc21. The summed E-state index contributed by atoms with van der Waals surface area (Å²) >= 11 is 3.34. The monoisotopic (exact) mass is 305 g/mol. The molecule has 1 aromatic carbocycles. The standard InChI is InChI=1S/C14H12BrNO2/c15-12-5-6-18-14(12)13(17)11-8-16-7-9-3-1-2-4-10(9)11/h1-6,11,16H,7-8H2. The molecule has 0 spiro atoms. The van der Waals surface area contributed by atoms with Crippen molar-refractivity contribution in [1.29, 1.82) is 0 Å². The van der Waals surface area contributed by atoms with Crippen LogP contribution in [0, 0.1) is 0 Å². The normalized spacial score (nSPS) is 18.4. The number of hydrogen-bond acceptors (Lipinski definition) is 3. The van der Waals surface area contributed by atoms with Crippen LogP contribution in [0.1, 0.15) is 27.6 Å². The van der Waals surface area contributed by atoms with Crippen LogP contribution in [0.3, 0.4) is 0 Å². The Morgan fingerprint density at radius 3 is 2.94 bits per heavy atom. The first-order chi connectivity index (χ1) is 8.77. The van der Waals surface area contributed by atoms with E-state index in [4.69, 9.17) is 4.42 Å². The third kappa shape index (κ3) is 1.91. The molecule has 3 nitrogen and oxygen atoms in total. The third-order valence-electron chi connectivity index (χ3n) is 3.25. The second-order valence-electron chi connectivity index (χ2n) is 4.34. The van der Waals surface area contributed by atoms with Crippen LogP contribution in [-0.2, 0) is 6.54 Å². The highest BCUT2D eigenvalue weighted by atomic mass is 79.9. The van der Waals surface area contributed by atoms with Crippen molar-refractivity contribution in [2.45, 2.75) is 12.5 Å². The van der Waals surface area contributed by atoms with Crippen molar-refractivity contribution < 1.29 is 9.21 Å². The second-order valence-corrected chi connectivity index (χ2v) is 5.20. The topological polar surface area (TPSA) is 42.2 Å². The lowest BCUT2D eigenvalue weighted by Gasteiger charge is -2.24. The molecule has 3 rings (SSSR count). The Morgan fingerprint density at radius 1 is 1.33 bits per heavy atom. The number of ketones is 1. The number of carbonyl (C=O) groups is 1. The van der Waals surface area contributed by atoms with Gasteiger partial charge in [-0.25, -0.2) is 0 Å². The van der Waals surface area contributed by atoms with Crippen molar-refractivity contribution in [1.82, 2.24) is 5.32 Å². The second kappa shape index (κ2) is 4.71. The largest absolute Gasteiger partial charge is 0.460 e. The highest BCUT2D eigenvalue weighted by molar-refractivity contribution is 9.10. The molecular formula is C14H12BrNO2. The molecule has 2 aromatic rings. The lowest BCUT2D eigenvalue weighted by Crippen LogP contribution is -2.32. The summed E-state index contributed by atoms with van der Waals surface area (Å²) in [5.41, 5.74) is 2.29. The Morgan fingerprint density at radius 2 is 2.17 bits per heavy atom. The molecule has 0 saturated carbocycles. The minimum Gasteiger partial charge on any atom is -0.460 e. The van der Waals surface area contributed by atoms with Crippen molar-refractivity contribution in [3.8, 4) is 0 Å². The van der Waals surface area contributed by atoms with Gasteiger partial charge in [0.2, 0.25) is 5.78 Å². The molecule has 1 unspecified atom stereocenters. The van der Waals surface area contributed by atoms with Crippen LogP contribution in [-0.4, -0.2) is 12.3 Å². The van der Waals surface area contributed by atoms with E-state index < -0.39 is 0 Å². The van der Waals surface area contributed by atoms with Gasteiger partial charge >= 0.3 is 0 Å². The highest BCUT2D eigenvalue weighted by Gasteiger charge is 2.29. The van der Waals surface area contributed by atoms with Gasteiger partial charge in [-0.3, -0.25) is 4.79 Å². The van der Waals surface area contributed by atoms with Gasteiger partial charge in [0.15, 0.2) is 5.76 Å². The summed E-state index contributed by atoms with van der Waals surface area (Å²) in [7, 11) is 0. The van der Waals surface area contributed by atoms with Gasteiger partial charge < -0.3 is 9.73 Å². The van der Waals surface area contributed by atoms with Crippen LogP contribution >= 0.6 is 15.9 Å². The van der Waals surface area contributed by atoms with E-state index in [0.717, 1.165) is 16.6 Å². The summed E-state index contributed by atoms with van der Waals surface area (Å²) in [5, 5.41) is 3.28. The van der Waals surface area contributed by atoms with E-state index in [-0.39, 0.29) is 11.7 Å². The van der Waals surface area contributed by atoms with Crippen molar-refractivity contribution >= 4 is 21.7 Å². The molecule has 2 heterocycles. The Bertz CT molecular complexity index is 591. The van der Waals surface area contributed by atoms with Gasteiger partial charge in [-0.15, -0.1) is 0 Å². The average molecular weight is 306 g/mol. The molecule has 0 aliphatic carbocycles. The van der Waals surface area contributed by atoms with Gasteiger partial charge in [-0.1, -0.05) is 24.3 Å². The van der Waals surface area contributed by atoms with E-state index in [1.165, 1.54) is 11.8 Å². The number of carbonyl (C=O) groups excluding carboxylic acids is 1. The number of furan rings is 1. The van der Waals surface area contributed by atoms with Gasteiger partial charge in [0.25, 0.3) is 0 Å². The van der Waals surface area contributed by atoms with Crippen molar-refractivity contribution in [3.05, 3.63) is 58.0 Å².